The molecule has 2 saturated heterocycles. The number of nitrogens with zero attached hydrogens (tertiary/aromatic N) is 4. The van der Waals surface area contributed by atoms with Gasteiger partial charge in [-0.3, -0.25) is 20.2 Å². The van der Waals surface area contributed by atoms with Crippen LogP contribution in [0, 0.1) is 20.2 Å². The first-order chi connectivity index (χ1) is 15.8. The Morgan fingerprint density at radius 3 is 1.39 bits per heavy atom. The molecule has 0 atom stereocenters. The minimum absolute atomic E-state index is 0.454. The van der Waals surface area contributed by atoms with E-state index in [0.29, 0.717) is 64.0 Å². The molecule has 0 bridgehead atoms. The molecule has 13 heteroatoms. The zero-order valence-electron chi connectivity index (χ0n) is 17.6. The first-order valence-corrected chi connectivity index (χ1v) is 11.7. The topological polar surface area (TPSA) is 145 Å². The molecule has 0 saturated carbocycles. The van der Waals surface area contributed by atoms with Gasteiger partial charge in [-0.1, -0.05) is 0 Å². The van der Waals surface area contributed by atoms with Gasteiger partial charge in [-0.05, 0) is 24.3 Å². The fourth-order valence-electron chi connectivity index (χ4n) is 3.91. The number of sulfone groups is 1. The number of hydrogen-bond acceptors (Lipinski definition) is 10. The SMILES string of the molecule is O=[N+]([O-])c1cc(N2CCOCC2)ccc1S(=O)(=O)c1ccc(N2CCOCC2)cc1[N+](=O)[O-]. The summed E-state index contributed by atoms with van der Waals surface area (Å²) in [6.07, 6.45) is 0. The van der Waals surface area contributed by atoms with Crippen LogP contribution in [0.2, 0.25) is 0 Å². The Morgan fingerprint density at radius 1 is 0.697 bits per heavy atom. The van der Waals surface area contributed by atoms with Gasteiger partial charge in [0.1, 0.15) is 9.79 Å². The molecule has 0 aromatic heterocycles. The summed E-state index contributed by atoms with van der Waals surface area (Å²) < 4.78 is 37.3. The minimum atomic E-state index is -4.56. The molecule has 0 N–H and O–H groups in total. The van der Waals surface area contributed by atoms with E-state index in [2.05, 4.69) is 0 Å². The number of ether oxygens (including phenoxy) is 2. The van der Waals surface area contributed by atoms with Crippen LogP contribution in [0.3, 0.4) is 0 Å². The Bertz CT molecular complexity index is 1090. The lowest BCUT2D eigenvalue weighted by Crippen LogP contribution is -2.36. The van der Waals surface area contributed by atoms with Crippen molar-refractivity contribution in [2.24, 2.45) is 0 Å². The molecule has 0 spiro atoms. The Morgan fingerprint density at radius 2 is 1.06 bits per heavy atom. The molecule has 0 amide bonds. The van der Waals surface area contributed by atoms with Gasteiger partial charge in [-0.15, -0.1) is 0 Å². The van der Waals surface area contributed by atoms with Gasteiger partial charge in [-0.25, -0.2) is 8.42 Å². The largest absolute Gasteiger partial charge is 0.378 e. The van der Waals surface area contributed by atoms with Gasteiger partial charge in [0.15, 0.2) is 0 Å². The Hall–Kier alpha value is -3.29. The molecule has 33 heavy (non-hydrogen) atoms. The lowest BCUT2D eigenvalue weighted by Gasteiger charge is -2.29. The van der Waals surface area contributed by atoms with Gasteiger partial charge < -0.3 is 19.3 Å². The van der Waals surface area contributed by atoms with Crippen LogP contribution in [-0.4, -0.2) is 70.9 Å². The fourth-order valence-corrected chi connectivity index (χ4v) is 5.46. The van der Waals surface area contributed by atoms with Crippen LogP contribution in [-0.2, 0) is 19.3 Å². The van der Waals surface area contributed by atoms with E-state index in [9.17, 15) is 28.6 Å². The molecule has 2 aromatic carbocycles. The van der Waals surface area contributed by atoms with Crippen LogP contribution in [0.5, 0.6) is 0 Å². The maximum absolute atomic E-state index is 13.4. The third-order valence-electron chi connectivity index (χ3n) is 5.61. The molecule has 0 radical (unpaired) electrons. The second-order valence-electron chi connectivity index (χ2n) is 7.52. The van der Waals surface area contributed by atoms with Gasteiger partial charge in [0.2, 0.25) is 9.84 Å². The summed E-state index contributed by atoms with van der Waals surface area (Å²) in [6, 6.07) is 7.59. The van der Waals surface area contributed by atoms with Gasteiger partial charge in [0.05, 0.1) is 36.3 Å². The highest BCUT2D eigenvalue weighted by Crippen LogP contribution is 2.38. The highest BCUT2D eigenvalue weighted by molar-refractivity contribution is 7.91. The Kier molecular flexibility index (Phi) is 6.44. The zero-order chi connectivity index (χ0) is 23.6. The van der Waals surface area contributed by atoms with E-state index in [1.807, 2.05) is 9.80 Å². The zero-order valence-corrected chi connectivity index (χ0v) is 18.4. The van der Waals surface area contributed by atoms with Gasteiger partial charge in [0.25, 0.3) is 11.4 Å². The number of rotatable bonds is 6. The van der Waals surface area contributed by atoms with E-state index in [-0.39, 0.29) is 0 Å². The molecule has 176 valence electrons. The van der Waals surface area contributed by atoms with Crippen molar-refractivity contribution in [3.8, 4) is 0 Å². The maximum Gasteiger partial charge on any atom is 0.290 e. The van der Waals surface area contributed by atoms with Crippen molar-refractivity contribution in [1.82, 2.24) is 0 Å². The second-order valence-corrected chi connectivity index (χ2v) is 9.41. The van der Waals surface area contributed by atoms with Gasteiger partial charge in [0, 0.05) is 49.7 Å². The molecule has 0 aliphatic carbocycles. The summed E-state index contributed by atoms with van der Waals surface area (Å²) in [5, 5.41) is 23.5. The molecule has 2 aliphatic rings. The van der Waals surface area contributed by atoms with E-state index in [0.717, 1.165) is 12.1 Å². The minimum Gasteiger partial charge on any atom is -0.378 e. The summed E-state index contributed by atoms with van der Waals surface area (Å²) in [6.45, 7) is 3.86. The molecule has 2 aromatic rings. The van der Waals surface area contributed by atoms with Crippen LogP contribution in [0.4, 0.5) is 22.7 Å². The van der Waals surface area contributed by atoms with Crippen molar-refractivity contribution in [2.75, 3.05) is 62.4 Å². The van der Waals surface area contributed by atoms with Crippen LogP contribution >= 0.6 is 0 Å². The number of hydrogen-bond donors (Lipinski definition) is 0. The summed E-state index contributed by atoms with van der Waals surface area (Å²) in [5.41, 5.74) is -0.293. The third-order valence-corrected chi connectivity index (χ3v) is 7.46. The standard InChI is InChI=1S/C20H22N4O8S/c25-23(26)17-13-15(21-5-9-31-10-6-21)1-3-19(17)33(29,30)20-4-2-16(14-18(20)24(27)28)22-7-11-32-12-8-22/h1-4,13-14H,5-12H2. The summed E-state index contributed by atoms with van der Waals surface area (Å²) in [7, 11) is -4.56. The first kappa shape index (κ1) is 22.9. The number of morpholine rings is 2. The molecule has 4 rings (SSSR count). The van der Waals surface area contributed by atoms with Crippen LogP contribution in [0.25, 0.3) is 0 Å². The number of anilines is 2. The van der Waals surface area contributed by atoms with Crippen LogP contribution in [0.1, 0.15) is 0 Å². The number of nitro groups is 2. The van der Waals surface area contributed by atoms with E-state index in [4.69, 9.17) is 9.47 Å². The van der Waals surface area contributed by atoms with Gasteiger partial charge >= 0.3 is 0 Å². The van der Waals surface area contributed by atoms with Crippen molar-refractivity contribution in [1.29, 1.82) is 0 Å². The van der Waals surface area contributed by atoms with Crippen molar-refractivity contribution in [2.45, 2.75) is 9.79 Å². The molecule has 2 aliphatic heterocycles. The van der Waals surface area contributed by atoms with Crippen molar-refractivity contribution < 1.29 is 27.7 Å². The van der Waals surface area contributed by atoms with Crippen molar-refractivity contribution in [3.05, 3.63) is 56.6 Å². The van der Waals surface area contributed by atoms with E-state index in [1.165, 1.54) is 24.3 Å². The average molecular weight is 478 g/mol. The smallest absolute Gasteiger partial charge is 0.290 e. The maximum atomic E-state index is 13.4. The summed E-state index contributed by atoms with van der Waals surface area (Å²) in [4.78, 5) is 24.5. The molecular weight excluding hydrogens is 456 g/mol. The highest BCUT2D eigenvalue weighted by Gasteiger charge is 2.34. The average Bonchev–Trinajstić information content (AvgIpc) is 2.84. The molecular formula is C20H22N4O8S. The predicted octanol–water partition coefficient (Wildman–Crippen LogP) is 2.01. The predicted molar refractivity (Wildman–Crippen MR) is 118 cm³/mol. The fraction of sp³-hybridized carbons (Fsp3) is 0.400. The van der Waals surface area contributed by atoms with Gasteiger partial charge in [-0.2, -0.15) is 0 Å². The molecule has 12 nitrogen and oxygen atoms in total. The highest BCUT2D eigenvalue weighted by atomic mass is 32.2. The van der Waals surface area contributed by atoms with Crippen molar-refractivity contribution >= 4 is 32.6 Å². The molecule has 0 unspecified atom stereocenters. The normalized spacial score (nSPS) is 17.1. The lowest BCUT2D eigenvalue weighted by molar-refractivity contribution is -0.388. The van der Waals surface area contributed by atoms with E-state index < -0.39 is 40.8 Å². The van der Waals surface area contributed by atoms with E-state index in [1.54, 1.807) is 0 Å². The lowest BCUT2D eigenvalue weighted by atomic mass is 10.2. The summed E-state index contributed by atoms with van der Waals surface area (Å²) in [5.74, 6) is 0. The quantitative estimate of drug-likeness (QED) is 0.446. The monoisotopic (exact) mass is 478 g/mol. The molecule has 2 fully saturated rings. The Balaban J connectivity index is 1.77. The molecule has 2 heterocycles. The third kappa shape index (κ3) is 4.60. The van der Waals surface area contributed by atoms with Crippen LogP contribution in [0.15, 0.2) is 46.2 Å². The summed E-state index contributed by atoms with van der Waals surface area (Å²) >= 11 is 0. The number of benzene rings is 2. The van der Waals surface area contributed by atoms with Crippen LogP contribution < -0.4 is 9.80 Å². The van der Waals surface area contributed by atoms with E-state index >= 15 is 0 Å². The van der Waals surface area contributed by atoms with Crippen molar-refractivity contribution in [3.63, 3.8) is 0 Å². The first-order valence-electron chi connectivity index (χ1n) is 10.3. The second kappa shape index (κ2) is 9.29. The number of nitro benzene ring substituents is 2. The Labute approximate surface area is 189 Å².